The summed E-state index contributed by atoms with van der Waals surface area (Å²) >= 11 is 5.78. The summed E-state index contributed by atoms with van der Waals surface area (Å²) < 4.78 is 1.12. The predicted molar refractivity (Wildman–Crippen MR) is 96.0 cm³/mol. The van der Waals surface area contributed by atoms with Crippen LogP contribution in [0, 0.1) is 5.92 Å². The van der Waals surface area contributed by atoms with Crippen molar-refractivity contribution in [3.8, 4) is 0 Å². The van der Waals surface area contributed by atoms with Crippen LogP contribution in [-0.4, -0.2) is 44.6 Å². The molecule has 3 heterocycles. The van der Waals surface area contributed by atoms with E-state index in [2.05, 4.69) is 15.4 Å². The molecule has 1 N–H and O–H groups in total. The molecule has 136 valence electrons. The Labute approximate surface area is 154 Å². The maximum Gasteiger partial charge on any atom is 0.274 e. The molecule has 1 aliphatic heterocycles. The summed E-state index contributed by atoms with van der Waals surface area (Å²) in [6.07, 6.45) is 2.85. The van der Waals surface area contributed by atoms with Gasteiger partial charge in [0.2, 0.25) is 5.91 Å². The van der Waals surface area contributed by atoms with Crippen LogP contribution in [0.3, 0.4) is 0 Å². The van der Waals surface area contributed by atoms with Gasteiger partial charge in [-0.1, -0.05) is 11.6 Å². The lowest BCUT2D eigenvalue weighted by Crippen LogP contribution is -2.44. The summed E-state index contributed by atoms with van der Waals surface area (Å²) in [6, 6.07) is 5.99. The van der Waals surface area contributed by atoms with Crippen LogP contribution in [0.2, 0.25) is 5.02 Å². The molecular formula is C17H18ClN5O3. The lowest BCUT2D eigenvalue weighted by Gasteiger charge is -2.31. The maximum atomic E-state index is 12.6. The van der Waals surface area contributed by atoms with Crippen molar-refractivity contribution in [2.24, 2.45) is 13.0 Å². The molecule has 2 amide bonds. The minimum atomic E-state index is -0.335. The molecule has 1 fully saturated rings. The van der Waals surface area contributed by atoms with Crippen LogP contribution in [0.4, 0.5) is 5.82 Å². The molecule has 26 heavy (non-hydrogen) atoms. The Morgan fingerprint density at radius 3 is 2.77 bits per heavy atom. The number of aryl methyl sites for hydroxylation is 1. The zero-order chi connectivity index (χ0) is 18.7. The predicted octanol–water partition coefficient (Wildman–Crippen LogP) is 1.32. The number of hydrogen-bond acceptors (Lipinski definition) is 5. The quantitative estimate of drug-likeness (QED) is 0.872. The van der Waals surface area contributed by atoms with Gasteiger partial charge in [0.05, 0.1) is 10.9 Å². The Balaban J connectivity index is 1.67. The van der Waals surface area contributed by atoms with Crippen LogP contribution < -0.4 is 10.9 Å². The summed E-state index contributed by atoms with van der Waals surface area (Å²) in [7, 11) is 1.49. The van der Waals surface area contributed by atoms with Gasteiger partial charge >= 0.3 is 0 Å². The van der Waals surface area contributed by atoms with Gasteiger partial charge in [-0.15, -0.1) is 0 Å². The van der Waals surface area contributed by atoms with E-state index in [0.717, 1.165) is 4.68 Å². The largest absolute Gasteiger partial charge is 0.336 e. The van der Waals surface area contributed by atoms with E-state index in [-0.39, 0.29) is 29.0 Å². The average Bonchev–Trinajstić information content (AvgIpc) is 2.65. The van der Waals surface area contributed by atoms with Crippen LogP contribution in [0.1, 0.15) is 23.3 Å². The van der Waals surface area contributed by atoms with Crippen molar-refractivity contribution in [1.29, 1.82) is 0 Å². The van der Waals surface area contributed by atoms with E-state index in [4.69, 9.17) is 11.6 Å². The number of piperidine rings is 1. The van der Waals surface area contributed by atoms with Crippen molar-refractivity contribution in [3.05, 3.63) is 51.5 Å². The normalized spacial score (nSPS) is 17.0. The second-order valence-corrected chi connectivity index (χ2v) is 6.56. The van der Waals surface area contributed by atoms with E-state index >= 15 is 0 Å². The number of carbonyl (C=O) groups excluding carboxylic acids is 2. The Morgan fingerprint density at radius 1 is 1.27 bits per heavy atom. The fourth-order valence-corrected chi connectivity index (χ4v) is 2.94. The van der Waals surface area contributed by atoms with Gasteiger partial charge in [-0.3, -0.25) is 14.4 Å². The Hall–Kier alpha value is -2.74. The molecule has 0 bridgehead atoms. The SMILES string of the molecule is Cn1nc(C(=O)N2CCCC(C(=O)Nc3ccc(Cl)cn3)C2)ccc1=O. The number of nitrogens with one attached hydrogen (secondary N) is 1. The summed E-state index contributed by atoms with van der Waals surface area (Å²) in [6.45, 7) is 0.842. The van der Waals surface area contributed by atoms with Crippen molar-refractivity contribution >= 4 is 29.2 Å². The van der Waals surface area contributed by atoms with Gasteiger partial charge in [0.1, 0.15) is 11.5 Å². The van der Waals surface area contributed by atoms with Crippen molar-refractivity contribution in [3.63, 3.8) is 0 Å². The number of amides is 2. The number of pyridine rings is 1. The number of halogens is 1. The molecule has 0 radical (unpaired) electrons. The molecule has 1 atom stereocenters. The van der Waals surface area contributed by atoms with Crippen molar-refractivity contribution in [2.75, 3.05) is 18.4 Å². The molecule has 3 rings (SSSR count). The number of aromatic nitrogens is 3. The van der Waals surface area contributed by atoms with Gasteiger partial charge in [0.25, 0.3) is 11.5 Å². The lowest BCUT2D eigenvalue weighted by molar-refractivity contribution is -0.121. The van der Waals surface area contributed by atoms with Gasteiger partial charge in [-0.25, -0.2) is 9.67 Å². The first-order valence-electron chi connectivity index (χ1n) is 8.20. The fraction of sp³-hybridized carbons (Fsp3) is 0.353. The van der Waals surface area contributed by atoms with Crippen LogP contribution >= 0.6 is 11.6 Å². The lowest BCUT2D eigenvalue weighted by atomic mass is 9.97. The van der Waals surface area contributed by atoms with E-state index < -0.39 is 0 Å². The molecule has 1 saturated heterocycles. The van der Waals surface area contributed by atoms with Crippen molar-refractivity contribution < 1.29 is 9.59 Å². The maximum absolute atomic E-state index is 12.6. The van der Waals surface area contributed by atoms with Gasteiger partial charge < -0.3 is 10.2 Å². The minimum Gasteiger partial charge on any atom is -0.336 e. The third-order valence-corrected chi connectivity index (χ3v) is 4.46. The highest BCUT2D eigenvalue weighted by Gasteiger charge is 2.29. The second kappa shape index (κ2) is 7.65. The summed E-state index contributed by atoms with van der Waals surface area (Å²) in [5.41, 5.74) is -0.0968. The van der Waals surface area contributed by atoms with E-state index in [1.54, 1.807) is 17.0 Å². The monoisotopic (exact) mass is 375 g/mol. The minimum absolute atomic E-state index is 0.188. The van der Waals surface area contributed by atoms with Crippen LogP contribution in [0.5, 0.6) is 0 Å². The molecule has 2 aromatic rings. The molecule has 0 saturated carbocycles. The first-order chi connectivity index (χ1) is 12.4. The average molecular weight is 376 g/mol. The summed E-state index contributed by atoms with van der Waals surface area (Å²) in [5.74, 6) is -0.395. The number of anilines is 1. The smallest absolute Gasteiger partial charge is 0.274 e. The van der Waals surface area contributed by atoms with Gasteiger partial charge in [-0.05, 0) is 31.0 Å². The van der Waals surface area contributed by atoms with Gasteiger partial charge in [-0.2, -0.15) is 5.10 Å². The van der Waals surface area contributed by atoms with E-state index in [1.807, 2.05) is 0 Å². The number of likely N-dealkylation sites (tertiary alicyclic amines) is 1. The van der Waals surface area contributed by atoms with E-state index in [0.29, 0.717) is 36.8 Å². The first kappa shape index (κ1) is 18.1. The number of rotatable bonds is 3. The molecule has 2 aromatic heterocycles. The van der Waals surface area contributed by atoms with Gasteiger partial charge in [0, 0.05) is 32.4 Å². The summed E-state index contributed by atoms with van der Waals surface area (Å²) in [4.78, 5) is 42.1. The van der Waals surface area contributed by atoms with E-state index in [1.165, 1.54) is 25.4 Å². The highest BCUT2D eigenvalue weighted by Crippen LogP contribution is 2.20. The molecule has 9 heteroatoms. The molecular weight excluding hydrogens is 358 g/mol. The standard InChI is InChI=1S/C17H18ClN5O3/c1-22-15(24)7-5-13(21-22)17(26)23-8-2-3-11(10-23)16(25)20-14-6-4-12(18)9-19-14/h4-7,9,11H,2-3,8,10H2,1H3,(H,19,20,25). The Morgan fingerprint density at radius 2 is 2.08 bits per heavy atom. The third kappa shape index (κ3) is 4.08. The summed E-state index contributed by atoms with van der Waals surface area (Å²) in [5, 5.41) is 7.22. The van der Waals surface area contributed by atoms with Crippen LogP contribution in [0.15, 0.2) is 35.3 Å². The highest BCUT2D eigenvalue weighted by atomic mass is 35.5. The molecule has 8 nitrogen and oxygen atoms in total. The van der Waals surface area contributed by atoms with Crippen molar-refractivity contribution in [2.45, 2.75) is 12.8 Å². The van der Waals surface area contributed by atoms with Crippen LogP contribution in [0.25, 0.3) is 0 Å². The Bertz CT molecular complexity index is 881. The molecule has 0 aliphatic carbocycles. The number of carbonyl (C=O) groups is 2. The number of hydrogen-bond donors (Lipinski definition) is 1. The molecule has 0 aromatic carbocycles. The zero-order valence-corrected chi connectivity index (χ0v) is 14.9. The first-order valence-corrected chi connectivity index (χ1v) is 8.58. The van der Waals surface area contributed by atoms with Crippen molar-refractivity contribution in [1.82, 2.24) is 19.7 Å². The van der Waals surface area contributed by atoms with Gasteiger partial charge in [0.15, 0.2) is 0 Å². The zero-order valence-electron chi connectivity index (χ0n) is 14.2. The highest BCUT2D eigenvalue weighted by molar-refractivity contribution is 6.30. The molecule has 1 aliphatic rings. The topological polar surface area (TPSA) is 97.2 Å². The van der Waals surface area contributed by atoms with E-state index in [9.17, 15) is 14.4 Å². The number of nitrogens with zero attached hydrogens (tertiary/aromatic N) is 4. The fourth-order valence-electron chi connectivity index (χ4n) is 2.83. The van der Waals surface area contributed by atoms with Crippen LogP contribution in [-0.2, 0) is 11.8 Å². The third-order valence-electron chi connectivity index (χ3n) is 4.24. The Kier molecular flexibility index (Phi) is 5.32. The molecule has 1 unspecified atom stereocenters. The molecule has 0 spiro atoms. The second-order valence-electron chi connectivity index (χ2n) is 6.12.